The lowest BCUT2D eigenvalue weighted by molar-refractivity contribution is 0.101. The van der Waals surface area contributed by atoms with Crippen LogP contribution in [0.1, 0.15) is 37.7 Å². The van der Waals surface area contributed by atoms with Gasteiger partial charge in [-0.2, -0.15) is 16.9 Å². The number of carbonyl (C=O) groups is 1. The third kappa shape index (κ3) is 3.70. The maximum absolute atomic E-state index is 11.8. The first kappa shape index (κ1) is 12.3. The summed E-state index contributed by atoms with van der Waals surface area (Å²) < 4.78 is 1.79. The zero-order valence-corrected chi connectivity index (χ0v) is 10.4. The SMILES string of the molecule is CCCn1nccc1C(=O)CSC(C)C. The van der Waals surface area contributed by atoms with Gasteiger partial charge in [0.1, 0.15) is 5.69 Å². The molecule has 0 unspecified atom stereocenters. The van der Waals surface area contributed by atoms with Gasteiger partial charge in [0, 0.05) is 12.7 Å². The third-order valence-corrected chi connectivity index (χ3v) is 3.08. The number of thioether (sulfide) groups is 1. The summed E-state index contributed by atoms with van der Waals surface area (Å²) in [5.74, 6) is 0.729. The molecule has 0 N–H and O–H groups in total. The van der Waals surface area contributed by atoms with Crippen LogP contribution in [-0.2, 0) is 6.54 Å². The fourth-order valence-corrected chi connectivity index (χ4v) is 1.91. The van der Waals surface area contributed by atoms with Gasteiger partial charge >= 0.3 is 0 Å². The van der Waals surface area contributed by atoms with Gasteiger partial charge in [0.05, 0.1) is 5.75 Å². The van der Waals surface area contributed by atoms with Gasteiger partial charge in [-0.3, -0.25) is 9.48 Å². The highest BCUT2D eigenvalue weighted by Gasteiger charge is 2.11. The highest BCUT2D eigenvalue weighted by molar-refractivity contribution is 8.00. The molecule has 0 atom stereocenters. The van der Waals surface area contributed by atoms with Crippen molar-refractivity contribution in [3.8, 4) is 0 Å². The molecule has 0 fully saturated rings. The van der Waals surface area contributed by atoms with Gasteiger partial charge < -0.3 is 0 Å². The van der Waals surface area contributed by atoms with Gasteiger partial charge in [0.2, 0.25) is 0 Å². The molecule has 0 aliphatic heterocycles. The molecule has 0 aliphatic rings. The van der Waals surface area contributed by atoms with E-state index in [0.29, 0.717) is 11.0 Å². The van der Waals surface area contributed by atoms with Gasteiger partial charge in [-0.25, -0.2) is 0 Å². The van der Waals surface area contributed by atoms with Crippen molar-refractivity contribution in [2.24, 2.45) is 0 Å². The van der Waals surface area contributed by atoms with E-state index in [1.54, 1.807) is 28.7 Å². The molecule has 84 valence electrons. The predicted octanol–water partition coefficient (Wildman–Crippen LogP) is 2.62. The number of aryl methyl sites for hydroxylation is 1. The molecule has 0 bridgehead atoms. The van der Waals surface area contributed by atoms with Crippen LogP contribution in [-0.4, -0.2) is 26.6 Å². The first-order chi connectivity index (χ1) is 7.15. The van der Waals surface area contributed by atoms with Crippen molar-refractivity contribution >= 4 is 17.5 Å². The lowest BCUT2D eigenvalue weighted by Gasteiger charge is -2.06. The van der Waals surface area contributed by atoms with E-state index in [-0.39, 0.29) is 5.78 Å². The van der Waals surface area contributed by atoms with E-state index in [1.165, 1.54) is 0 Å². The number of aromatic nitrogens is 2. The summed E-state index contributed by atoms with van der Waals surface area (Å²) in [5.41, 5.74) is 0.741. The van der Waals surface area contributed by atoms with E-state index >= 15 is 0 Å². The van der Waals surface area contributed by atoms with Crippen LogP contribution in [0.2, 0.25) is 0 Å². The Labute approximate surface area is 95.2 Å². The van der Waals surface area contributed by atoms with Crippen molar-refractivity contribution in [1.29, 1.82) is 0 Å². The fourth-order valence-electron chi connectivity index (χ4n) is 1.28. The molecule has 1 aromatic rings. The number of rotatable bonds is 6. The summed E-state index contributed by atoms with van der Waals surface area (Å²) in [6, 6.07) is 1.80. The molecule has 1 heterocycles. The van der Waals surface area contributed by atoms with Gasteiger partial charge in [0.25, 0.3) is 0 Å². The normalized spacial score (nSPS) is 10.9. The third-order valence-electron chi connectivity index (χ3n) is 1.99. The second-order valence-electron chi connectivity index (χ2n) is 3.72. The smallest absolute Gasteiger partial charge is 0.190 e. The van der Waals surface area contributed by atoms with E-state index in [4.69, 9.17) is 0 Å². The van der Waals surface area contributed by atoms with Crippen LogP contribution in [0.4, 0.5) is 0 Å². The molecule has 0 amide bonds. The standard InChI is InChI=1S/C11H18N2OS/c1-4-7-13-10(5-6-12-13)11(14)8-15-9(2)3/h5-6,9H,4,7-8H2,1-3H3. The van der Waals surface area contributed by atoms with Crippen molar-refractivity contribution < 1.29 is 4.79 Å². The first-order valence-electron chi connectivity index (χ1n) is 5.31. The summed E-state index contributed by atoms with van der Waals surface area (Å²) in [6.07, 6.45) is 2.70. The van der Waals surface area contributed by atoms with Crippen LogP contribution in [0.25, 0.3) is 0 Å². The van der Waals surface area contributed by atoms with E-state index < -0.39 is 0 Å². The van der Waals surface area contributed by atoms with E-state index in [9.17, 15) is 4.79 Å². The average Bonchev–Trinajstić information content (AvgIpc) is 2.63. The van der Waals surface area contributed by atoms with Gasteiger partial charge in [-0.1, -0.05) is 20.8 Å². The molecule has 1 rings (SSSR count). The summed E-state index contributed by atoms with van der Waals surface area (Å²) in [4.78, 5) is 11.8. The first-order valence-corrected chi connectivity index (χ1v) is 6.36. The minimum Gasteiger partial charge on any atom is -0.292 e. The maximum atomic E-state index is 11.8. The Hall–Kier alpha value is -0.770. The number of hydrogen-bond donors (Lipinski definition) is 0. The summed E-state index contributed by atoms with van der Waals surface area (Å²) in [6.45, 7) is 7.10. The number of Topliss-reactive ketones (excluding diaryl/α,β-unsaturated/α-hetero) is 1. The van der Waals surface area contributed by atoms with Crippen molar-refractivity contribution in [2.45, 2.75) is 39.0 Å². The van der Waals surface area contributed by atoms with Gasteiger partial charge in [-0.15, -0.1) is 0 Å². The Bertz CT molecular complexity index is 320. The lowest BCUT2D eigenvalue weighted by Crippen LogP contribution is -2.13. The van der Waals surface area contributed by atoms with Crippen molar-refractivity contribution in [2.75, 3.05) is 5.75 Å². The van der Waals surface area contributed by atoms with Crippen molar-refractivity contribution in [1.82, 2.24) is 9.78 Å². The molecular weight excluding hydrogens is 208 g/mol. The minimum absolute atomic E-state index is 0.180. The Kier molecular flexibility index (Phi) is 4.88. The number of ketones is 1. The highest BCUT2D eigenvalue weighted by Crippen LogP contribution is 2.12. The molecule has 0 aliphatic carbocycles. The number of carbonyl (C=O) groups excluding carboxylic acids is 1. The van der Waals surface area contributed by atoms with Crippen LogP contribution in [0, 0.1) is 0 Å². The van der Waals surface area contributed by atoms with Crippen LogP contribution >= 0.6 is 11.8 Å². The molecule has 4 heteroatoms. The number of nitrogens with zero attached hydrogens (tertiary/aromatic N) is 2. The van der Waals surface area contributed by atoms with Gasteiger partial charge in [-0.05, 0) is 17.7 Å². The minimum atomic E-state index is 0.180. The average molecular weight is 226 g/mol. The van der Waals surface area contributed by atoms with Crippen molar-refractivity contribution in [3.05, 3.63) is 18.0 Å². The Morgan fingerprint density at radius 2 is 2.33 bits per heavy atom. The maximum Gasteiger partial charge on any atom is 0.190 e. The lowest BCUT2D eigenvalue weighted by atomic mass is 10.3. The summed E-state index contributed by atoms with van der Waals surface area (Å²) in [7, 11) is 0. The zero-order chi connectivity index (χ0) is 11.3. The topological polar surface area (TPSA) is 34.9 Å². The van der Waals surface area contributed by atoms with Crippen molar-refractivity contribution in [3.63, 3.8) is 0 Å². The Balaban J connectivity index is 2.60. The Morgan fingerprint density at radius 1 is 1.60 bits per heavy atom. The zero-order valence-electron chi connectivity index (χ0n) is 9.56. The summed E-state index contributed by atoms with van der Waals surface area (Å²) >= 11 is 1.67. The monoisotopic (exact) mass is 226 g/mol. The second kappa shape index (κ2) is 5.95. The van der Waals surface area contributed by atoms with Crippen LogP contribution in [0.5, 0.6) is 0 Å². The van der Waals surface area contributed by atoms with E-state index in [0.717, 1.165) is 18.7 Å². The van der Waals surface area contributed by atoms with Crippen LogP contribution < -0.4 is 0 Å². The summed E-state index contributed by atoms with van der Waals surface area (Å²) in [5, 5.41) is 4.64. The molecule has 0 radical (unpaired) electrons. The molecule has 0 saturated carbocycles. The van der Waals surface area contributed by atoms with Gasteiger partial charge in [0.15, 0.2) is 5.78 Å². The molecule has 15 heavy (non-hydrogen) atoms. The molecule has 3 nitrogen and oxygen atoms in total. The number of hydrogen-bond acceptors (Lipinski definition) is 3. The van der Waals surface area contributed by atoms with E-state index in [1.807, 2.05) is 0 Å². The fraction of sp³-hybridized carbons (Fsp3) is 0.636. The van der Waals surface area contributed by atoms with Crippen LogP contribution in [0.15, 0.2) is 12.3 Å². The highest BCUT2D eigenvalue weighted by atomic mass is 32.2. The van der Waals surface area contributed by atoms with Crippen LogP contribution in [0.3, 0.4) is 0 Å². The second-order valence-corrected chi connectivity index (χ2v) is 5.29. The molecule has 0 aromatic carbocycles. The molecule has 0 spiro atoms. The molecule has 0 saturated heterocycles. The Morgan fingerprint density at radius 3 is 2.93 bits per heavy atom. The predicted molar refractivity (Wildman–Crippen MR) is 64.4 cm³/mol. The largest absolute Gasteiger partial charge is 0.292 e. The quantitative estimate of drug-likeness (QED) is 0.699. The molecular formula is C11H18N2OS. The van der Waals surface area contributed by atoms with E-state index in [2.05, 4.69) is 25.9 Å². The molecule has 1 aromatic heterocycles.